The van der Waals surface area contributed by atoms with Gasteiger partial charge in [-0.05, 0) is 145 Å². The van der Waals surface area contributed by atoms with Crippen LogP contribution in [0.2, 0.25) is 0 Å². The SMILES string of the molecule is [2H]c1cc2c(oc3c(-c4ccc(C([2H])([2H])C([2H])([2H])c5cc(C([2H])([2H])C([2H])([2H])c6cnc(-c7ccccc7)cc6C([2H])([2H])[2H])cc(C([2H])([2H])C([2H])([2H])c6cnc(-c7ccccc7)cc6C([2H])([2H])[2H])c5)cn4)cccc32)c(C([2H])([2H])C(C)(C)C)c1C#N. The van der Waals surface area contributed by atoms with Gasteiger partial charge in [0.25, 0.3) is 0 Å². The fourth-order valence-corrected chi connectivity index (χ4v) is 7.12. The zero-order chi connectivity index (χ0) is 62.6. The monoisotopic (exact) mass is 856 g/mol. The second-order valence-electron chi connectivity index (χ2n) is 16.0. The number of aromatic nitrogens is 3. The van der Waals surface area contributed by atoms with Crippen molar-refractivity contribution in [2.24, 2.45) is 5.41 Å². The van der Waals surface area contributed by atoms with Crippen LogP contribution in [0.1, 0.15) is 105 Å². The van der Waals surface area contributed by atoms with Crippen LogP contribution < -0.4 is 0 Å². The Balaban J connectivity index is 1.20. The smallest absolute Gasteiger partial charge is 0.144 e. The Kier molecular flexibility index (Phi) is 6.87. The van der Waals surface area contributed by atoms with Crippen LogP contribution in [0.3, 0.4) is 0 Å². The van der Waals surface area contributed by atoms with Gasteiger partial charge in [0.1, 0.15) is 11.2 Å². The Morgan fingerprint density at radius 2 is 1.12 bits per heavy atom. The molecule has 4 heterocycles. The minimum absolute atomic E-state index is 0.0262. The van der Waals surface area contributed by atoms with Gasteiger partial charge >= 0.3 is 0 Å². The maximum absolute atomic E-state index is 10.2. The summed E-state index contributed by atoms with van der Waals surface area (Å²) in [7, 11) is 0. The van der Waals surface area contributed by atoms with Crippen LogP contribution in [0.4, 0.5) is 0 Å². The molecule has 0 atom stereocenters. The zero-order valence-corrected chi connectivity index (χ0v) is 35.1. The molecule has 0 aliphatic carbocycles. The quantitative estimate of drug-likeness (QED) is 0.115. The van der Waals surface area contributed by atoms with Crippen molar-refractivity contribution in [3.63, 3.8) is 0 Å². The molecule has 9 aromatic rings. The molecule has 316 valence electrons. The Morgan fingerprint density at radius 1 is 0.578 bits per heavy atom. The summed E-state index contributed by atoms with van der Waals surface area (Å²) in [6.45, 7) is -1.23. The molecule has 0 saturated heterocycles. The Hall–Kier alpha value is -7.16. The van der Waals surface area contributed by atoms with Crippen LogP contribution in [0.5, 0.6) is 0 Å². The van der Waals surface area contributed by atoms with Crippen molar-refractivity contribution >= 4 is 21.9 Å². The second-order valence-corrected chi connectivity index (χ2v) is 16.0. The number of nitrogens with zero attached hydrogens (tertiary/aromatic N) is 4. The van der Waals surface area contributed by atoms with Crippen LogP contribution >= 0.6 is 0 Å². The van der Waals surface area contributed by atoms with Crippen molar-refractivity contribution in [3.8, 4) is 39.8 Å². The fourth-order valence-electron chi connectivity index (χ4n) is 7.12. The number of nitriles is 1. The summed E-state index contributed by atoms with van der Waals surface area (Å²) < 4.78 is 199. The van der Waals surface area contributed by atoms with Gasteiger partial charge in [-0.1, -0.05) is 118 Å². The van der Waals surface area contributed by atoms with Gasteiger partial charge in [-0.2, -0.15) is 5.26 Å². The van der Waals surface area contributed by atoms with Crippen molar-refractivity contribution in [1.82, 2.24) is 15.0 Å². The molecule has 5 heteroatoms. The lowest BCUT2D eigenvalue weighted by Crippen LogP contribution is -2.10. The van der Waals surface area contributed by atoms with Gasteiger partial charge in [0, 0.05) is 79.0 Å². The van der Waals surface area contributed by atoms with Crippen LogP contribution in [-0.4, -0.2) is 15.0 Å². The molecule has 0 amide bonds. The van der Waals surface area contributed by atoms with Gasteiger partial charge in [0.05, 0.1) is 30.1 Å². The largest absolute Gasteiger partial charge is 0.455 e. The first-order valence-corrected chi connectivity index (χ1v) is 20.4. The molecule has 64 heavy (non-hydrogen) atoms. The normalized spacial score (nSPS) is 18.4. The van der Waals surface area contributed by atoms with E-state index in [4.69, 9.17) is 16.8 Å². The zero-order valence-electron chi connectivity index (χ0n) is 56.1. The molecule has 0 saturated carbocycles. The summed E-state index contributed by atoms with van der Waals surface area (Å²) in [5.41, 5.74) is -5.53. The third-order valence-corrected chi connectivity index (χ3v) is 10.2. The first kappa shape index (κ1) is 24.1. The average molecular weight is 856 g/mol. The third kappa shape index (κ3) is 9.43. The van der Waals surface area contributed by atoms with Crippen LogP contribution in [-0.2, 0) is 44.6 Å². The first-order valence-electron chi connectivity index (χ1n) is 30.9. The molecule has 5 nitrogen and oxygen atoms in total. The van der Waals surface area contributed by atoms with Crippen LogP contribution in [0.25, 0.3) is 55.7 Å². The van der Waals surface area contributed by atoms with Crippen molar-refractivity contribution < 1.29 is 33.2 Å². The summed E-state index contributed by atoms with van der Waals surface area (Å²) in [4.78, 5) is 13.1. The van der Waals surface area contributed by atoms with Crippen molar-refractivity contribution in [2.75, 3.05) is 0 Å². The van der Waals surface area contributed by atoms with Gasteiger partial charge in [-0.25, -0.2) is 0 Å². The predicted octanol–water partition coefficient (Wildman–Crippen LogP) is 14.2. The molecular weight excluding hydrogens is 781 g/mol. The molecule has 0 radical (unpaired) electrons. The lowest BCUT2D eigenvalue weighted by atomic mass is 9.85. The number of rotatable bonds is 13. The minimum Gasteiger partial charge on any atom is -0.455 e. The number of aryl methyl sites for hydroxylation is 8. The van der Waals surface area contributed by atoms with Gasteiger partial charge in [-0.3, -0.25) is 15.0 Å². The summed E-state index contributed by atoms with van der Waals surface area (Å²) >= 11 is 0. The van der Waals surface area contributed by atoms with E-state index in [0.717, 1.165) is 42.9 Å². The molecule has 0 N–H and O–H groups in total. The molecular formula is C59H54N4O. The number of hydrogen-bond donors (Lipinski definition) is 0. The van der Waals surface area contributed by atoms with Crippen molar-refractivity contribution in [3.05, 3.63) is 208 Å². The van der Waals surface area contributed by atoms with Gasteiger partial charge in [0.15, 0.2) is 0 Å². The molecule has 4 aromatic heterocycles. The van der Waals surface area contributed by atoms with Gasteiger partial charge in [0.2, 0.25) is 0 Å². The highest BCUT2D eigenvalue weighted by Gasteiger charge is 2.22. The summed E-state index contributed by atoms with van der Waals surface area (Å²) in [5, 5.41) is 10.9. The number of pyridine rings is 3. The van der Waals surface area contributed by atoms with E-state index in [0.29, 0.717) is 33.5 Å². The second kappa shape index (κ2) is 18.3. The highest BCUT2D eigenvalue weighted by Crippen LogP contribution is 2.39. The molecule has 0 spiro atoms. The predicted molar refractivity (Wildman–Crippen MR) is 262 cm³/mol. The molecule has 0 aliphatic rings. The first-order chi connectivity index (χ1) is 39.2. The van der Waals surface area contributed by atoms with Crippen LogP contribution in [0, 0.1) is 30.4 Å². The Morgan fingerprint density at radius 3 is 1.66 bits per heavy atom. The highest BCUT2D eigenvalue weighted by atomic mass is 16.3. The maximum Gasteiger partial charge on any atom is 0.144 e. The maximum atomic E-state index is 10.2. The molecule has 0 fully saturated rings. The van der Waals surface area contributed by atoms with Crippen molar-refractivity contribution in [1.29, 1.82) is 5.26 Å². The van der Waals surface area contributed by atoms with Crippen LogP contribution in [0.15, 0.2) is 156 Å². The fraction of sp³-hybridized carbons (Fsp3) is 0.220. The number of para-hydroxylation sites is 1. The van der Waals surface area contributed by atoms with Gasteiger partial charge in [-0.15, -0.1) is 0 Å². The van der Waals surface area contributed by atoms with E-state index in [1.165, 1.54) is 18.2 Å². The summed E-state index contributed by atoms with van der Waals surface area (Å²) in [6, 6.07) is 31.6. The number of hydrogen-bond acceptors (Lipinski definition) is 5. The topological polar surface area (TPSA) is 75.6 Å². The van der Waals surface area contributed by atoms with E-state index >= 15 is 0 Å². The molecule has 0 aliphatic heterocycles. The average Bonchev–Trinajstić information content (AvgIpc) is 1.73. The van der Waals surface area contributed by atoms with E-state index in [-0.39, 0.29) is 45.4 Å². The molecule has 5 aromatic carbocycles. The van der Waals surface area contributed by atoms with E-state index in [2.05, 4.69) is 15.0 Å². The number of fused-ring (bicyclic) bond motifs is 3. The highest BCUT2D eigenvalue weighted by molar-refractivity contribution is 6.10. The lowest BCUT2D eigenvalue weighted by Gasteiger charge is -2.19. The molecule has 0 unspecified atom stereocenters. The number of benzene rings is 5. The Labute approximate surface area is 407 Å². The van der Waals surface area contributed by atoms with E-state index in [9.17, 15) is 21.7 Å². The van der Waals surface area contributed by atoms with E-state index in [1.54, 1.807) is 99.6 Å². The molecule has 9 rings (SSSR count). The minimum atomic E-state index is -3.52. The third-order valence-electron chi connectivity index (χ3n) is 10.2. The summed E-state index contributed by atoms with van der Waals surface area (Å²) in [5.74, 6) is 0. The van der Waals surface area contributed by atoms with E-state index in [1.807, 2.05) is 6.07 Å². The lowest BCUT2D eigenvalue weighted by molar-refractivity contribution is 0.410. The molecule has 0 bridgehead atoms. The van der Waals surface area contributed by atoms with Gasteiger partial charge < -0.3 is 4.42 Å². The van der Waals surface area contributed by atoms with E-state index < -0.39 is 108 Å². The van der Waals surface area contributed by atoms with Crippen molar-refractivity contribution in [2.45, 2.75) is 79.1 Å². The standard InChI is InChI=1S/C59H54N4O/c1-39-29-55(45-13-8-6-9-14-45)62-37-48(39)24-21-43-31-42(32-44(33-43)22-25-49-38-63-56(30-40(49)2)46-15-10-7-11-16-46)20-19-41-23-28-54(61-36-41)52-18-12-17-50-51-27-26-47(35-60)53(34-59(3,4)5)58(51)64-57(50)52/h6-18,23,26-33,36-38H,19-22,24-25,34H2,1-5H3/i1D3,2D3,19D2,20D2,21D2,22D2,24D2,25D2,26D,34D2. The Bertz CT molecular complexity index is 3940. The summed E-state index contributed by atoms with van der Waals surface area (Å²) in [6.07, 6.45) is -20.0. The number of furan rings is 1.